The third-order valence-electron chi connectivity index (χ3n) is 6.76. The van der Waals surface area contributed by atoms with Gasteiger partial charge in [0, 0.05) is 13.7 Å². The summed E-state index contributed by atoms with van der Waals surface area (Å²) in [7, 11) is 0.982. The number of ether oxygens (including phenoxy) is 2. The maximum absolute atomic E-state index is 13.0. The molecule has 37 heavy (non-hydrogen) atoms. The lowest BCUT2D eigenvalue weighted by Gasteiger charge is -2.39. The van der Waals surface area contributed by atoms with E-state index >= 15 is 0 Å². The molecule has 1 aliphatic carbocycles. The van der Waals surface area contributed by atoms with Gasteiger partial charge in [-0.25, -0.2) is 9.59 Å². The van der Waals surface area contributed by atoms with E-state index in [2.05, 4.69) is 39.0 Å². The van der Waals surface area contributed by atoms with Crippen molar-refractivity contribution in [3.63, 3.8) is 0 Å². The number of esters is 1. The number of allylic oxidation sites excluding steroid dienone is 1. The molecule has 2 N–H and O–H groups in total. The van der Waals surface area contributed by atoms with E-state index in [-0.39, 0.29) is 28.7 Å². The summed E-state index contributed by atoms with van der Waals surface area (Å²) in [5, 5.41) is 4.14. The number of nitrogens with zero attached hydrogens (tertiary/aromatic N) is 2. The van der Waals surface area contributed by atoms with Crippen molar-refractivity contribution in [1.82, 2.24) is 4.90 Å². The number of rotatable bonds is 8. The molecule has 0 bridgehead atoms. The van der Waals surface area contributed by atoms with E-state index in [1.807, 2.05) is 20.8 Å². The number of nitrogens with two attached hydrogens (primary N) is 1. The molecule has 1 fully saturated rings. The summed E-state index contributed by atoms with van der Waals surface area (Å²) < 4.78 is 16.8. The highest BCUT2D eigenvalue weighted by molar-refractivity contribution is 6.74. The molecule has 0 aromatic carbocycles. The van der Waals surface area contributed by atoms with Crippen LogP contribution in [0.5, 0.6) is 0 Å². The quantitative estimate of drug-likeness (QED) is 0.0904. The minimum atomic E-state index is -1.93. The molecule has 0 spiro atoms. The SMILES string of the molecule is C/C=C(/O/N=C(\N)C1(N(C)C(=O)OC(C)(C)C)CCC(CO[Si](C)(C)C(C)(C)C)C1)C(=O)OC.O=C=O. The first-order chi connectivity index (χ1) is 16.8. The second-order valence-corrected chi connectivity index (χ2v) is 16.4. The van der Waals surface area contributed by atoms with Crippen molar-refractivity contribution in [3.8, 4) is 0 Å². The molecule has 0 aromatic rings. The molecule has 0 aliphatic heterocycles. The molecule has 2 unspecified atom stereocenters. The van der Waals surface area contributed by atoms with Crippen molar-refractivity contribution in [2.45, 2.75) is 97.0 Å². The van der Waals surface area contributed by atoms with Crippen molar-refractivity contribution < 1.29 is 37.9 Å². The summed E-state index contributed by atoms with van der Waals surface area (Å²) in [5.41, 5.74) is 4.84. The summed E-state index contributed by atoms with van der Waals surface area (Å²) in [5.74, 6) is -0.481. The molecule has 1 aliphatic rings. The van der Waals surface area contributed by atoms with Gasteiger partial charge < -0.3 is 24.5 Å². The minimum absolute atomic E-state index is 0.0867. The number of likely N-dealkylation sites (N-methyl/N-ethyl adjacent to an activating group) is 1. The Bertz CT molecular complexity index is 883. The topological polar surface area (TPSA) is 147 Å². The second-order valence-electron chi connectivity index (χ2n) is 11.5. The maximum atomic E-state index is 13.0. The Kier molecular flexibility index (Phi) is 12.7. The number of hydrogen-bond donors (Lipinski definition) is 1. The number of oxime groups is 1. The van der Waals surface area contributed by atoms with Crippen LogP contribution in [0.15, 0.2) is 17.0 Å². The van der Waals surface area contributed by atoms with Gasteiger partial charge >= 0.3 is 18.2 Å². The fourth-order valence-electron chi connectivity index (χ4n) is 3.52. The average Bonchev–Trinajstić information content (AvgIpc) is 3.21. The lowest BCUT2D eigenvalue weighted by Crippen LogP contribution is -2.57. The predicted octanol–water partition coefficient (Wildman–Crippen LogP) is 4.20. The first kappa shape index (κ1) is 34.3. The van der Waals surface area contributed by atoms with Gasteiger partial charge in [0.15, 0.2) is 14.2 Å². The fraction of sp³-hybridized carbons (Fsp3) is 0.760. The van der Waals surface area contributed by atoms with E-state index in [1.165, 1.54) is 18.1 Å². The summed E-state index contributed by atoms with van der Waals surface area (Å²) in [6.45, 7) is 18.7. The van der Waals surface area contributed by atoms with Gasteiger partial charge in [0.05, 0.1) is 7.11 Å². The lowest BCUT2D eigenvalue weighted by atomic mass is 9.93. The van der Waals surface area contributed by atoms with Crippen molar-refractivity contribution in [2.75, 3.05) is 20.8 Å². The highest BCUT2D eigenvalue weighted by atomic mass is 28.4. The Balaban J connectivity index is 0.00000410. The second kappa shape index (κ2) is 13.7. The highest BCUT2D eigenvalue weighted by Crippen LogP contribution is 2.42. The number of carbonyl (C=O) groups is 2. The highest BCUT2D eigenvalue weighted by Gasteiger charge is 2.50. The fourth-order valence-corrected chi connectivity index (χ4v) is 4.60. The van der Waals surface area contributed by atoms with Crippen LogP contribution >= 0.6 is 0 Å². The van der Waals surface area contributed by atoms with Gasteiger partial charge in [0.1, 0.15) is 11.1 Å². The molecule has 0 heterocycles. The van der Waals surface area contributed by atoms with Gasteiger partial charge in [0.25, 0.3) is 0 Å². The third kappa shape index (κ3) is 9.94. The van der Waals surface area contributed by atoms with Crippen LogP contribution in [0.2, 0.25) is 18.1 Å². The molecule has 11 nitrogen and oxygen atoms in total. The monoisotopic (exact) mass is 543 g/mol. The van der Waals surface area contributed by atoms with Crippen LogP contribution < -0.4 is 5.73 Å². The van der Waals surface area contributed by atoms with Crippen LogP contribution in [0.25, 0.3) is 0 Å². The van der Waals surface area contributed by atoms with E-state index in [1.54, 1.807) is 14.0 Å². The van der Waals surface area contributed by atoms with Gasteiger partial charge in [-0.15, -0.1) is 0 Å². The molecule has 2 atom stereocenters. The Morgan fingerprint density at radius 2 is 1.73 bits per heavy atom. The van der Waals surface area contributed by atoms with E-state index in [0.29, 0.717) is 19.4 Å². The third-order valence-corrected chi connectivity index (χ3v) is 11.3. The molecule has 1 amide bonds. The minimum Gasteiger partial charge on any atom is -0.463 e. The van der Waals surface area contributed by atoms with E-state index in [4.69, 9.17) is 34.1 Å². The first-order valence-corrected chi connectivity index (χ1v) is 15.1. The molecule has 0 radical (unpaired) electrons. The van der Waals surface area contributed by atoms with Gasteiger partial charge in [-0.2, -0.15) is 9.59 Å². The van der Waals surface area contributed by atoms with Crippen molar-refractivity contribution in [3.05, 3.63) is 11.8 Å². The summed E-state index contributed by atoms with van der Waals surface area (Å²) in [4.78, 5) is 47.9. The number of amidine groups is 1. The normalized spacial score (nSPS) is 20.8. The predicted molar refractivity (Wildman–Crippen MR) is 141 cm³/mol. The van der Waals surface area contributed by atoms with Crippen LogP contribution in [-0.4, -0.2) is 69.2 Å². The molecule has 0 aromatic heterocycles. The number of carbonyl (C=O) groups excluding carboxylic acids is 4. The molecule has 0 saturated heterocycles. The lowest BCUT2D eigenvalue weighted by molar-refractivity contribution is -0.191. The maximum Gasteiger partial charge on any atom is 0.410 e. The number of amides is 1. The number of methoxy groups -OCH3 is 1. The molecule has 1 rings (SSSR count). The Hall–Kier alpha value is -2.69. The van der Waals surface area contributed by atoms with E-state index in [9.17, 15) is 9.59 Å². The summed E-state index contributed by atoms with van der Waals surface area (Å²) >= 11 is 0. The van der Waals surface area contributed by atoms with Crippen LogP contribution in [0, 0.1) is 5.92 Å². The van der Waals surface area contributed by atoms with Crippen molar-refractivity contribution in [1.29, 1.82) is 0 Å². The molecule has 1 saturated carbocycles. The van der Waals surface area contributed by atoms with Crippen LogP contribution in [-0.2, 0) is 33.1 Å². The number of hydrogen-bond acceptors (Lipinski definition) is 9. The van der Waals surface area contributed by atoms with E-state index < -0.39 is 31.5 Å². The van der Waals surface area contributed by atoms with Crippen LogP contribution in [0.1, 0.15) is 67.7 Å². The molecular weight excluding hydrogens is 498 g/mol. The molecule has 12 heteroatoms. The summed E-state index contributed by atoms with van der Waals surface area (Å²) in [6, 6.07) is 0. The van der Waals surface area contributed by atoms with Gasteiger partial charge in [-0.1, -0.05) is 25.9 Å². The van der Waals surface area contributed by atoms with Crippen molar-refractivity contribution in [2.24, 2.45) is 16.8 Å². The van der Waals surface area contributed by atoms with Crippen LogP contribution in [0.3, 0.4) is 0 Å². The Morgan fingerprint density at radius 3 is 2.16 bits per heavy atom. The largest absolute Gasteiger partial charge is 0.463 e. The Morgan fingerprint density at radius 1 is 1.19 bits per heavy atom. The van der Waals surface area contributed by atoms with Crippen LogP contribution in [0.4, 0.5) is 4.79 Å². The smallest absolute Gasteiger partial charge is 0.410 e. The molecule has 212 valence electrons. The van der Waals surface area contributed by atoms with Gasteiger partial charge in [-0.3, -0.25) is 4.90 Å². The van der Waals surface area contributed by atoms with Gasteiger partial charge in [0.2, 0.25) is 5.76 Å². The van der Waals surface area contributed by atoms with Gasteiger partial charge in [-0.05, 0) is 77.1 Å². The standard InChI is InChI=1S/C24H45N3O6Si.CO2/c1-12-18(19(28)30-9)33-26-20(25)24(27(8)21(29)32-22(2,3)4)14-13-17(15-24)16-31-34(10,11)23(5,6)7;2-1-3/h12,17H,13-16H2,1-11H3,(H2,25,26);/b18-12+;. The molecular formula is C25H45N3O8Si. The zero-order valence-electron chi connectivity index (χ0n) is 24.2. The summed E-state index contributed by atoms with van der Waals surface area (Å²) in [6.07, 6.45) is 3.09. The zero-order valence-corrected chi connectivity index (χ0v) is 25.2. The Labute approximate surface area is 221 Å². The van der Waals surface area contributed by atoms with E-state index in [0.717, 1.165) is 6.42 Å². The van der Waals surface area contributed by atoms with Crippen molar-refractivity contribution >= 4 is 32.4 Å². The zero-order chi connectivity index (χ0) is 29.2. The first-order valence-electron chi connectivity index (χ1n) is 12.2. The average molecular weight is 544 g/mol.